The maximum absolute atomic E-state index is 14.1. The van der Waals surface area contributed by atoms with E-state index in [-0.39, 0.29) is 5.56 Å². The number of aromatic nitrogens is 3. The standard InChI is InChI=1S/C26H31F3N8O/c1-17-24(33-20-6-4-5-19(26(27,28)29)23(20)18-7-9-30-10-8-18)37-25(32-17)21(31-16-35(2)3)15-22(34-37)36-11-13-38-14-12-36/h4-7,9,15-16,18,30,33H,8,10-14H2,1-3H3/b31-16+. The summed E-state index contributed by atoms with van der Waals surface area (Å²) in [5.74, 6) is 0.792. The van der Waals surface area contributed by atoms with Gasteiger partial charge in [-0.2, -0.15) is 17.7 Å². The molecule has 0 amide bonds. The maximum Gasteiger partial charge on any atom is 0.416 e. The van der Waals surface area contributed by atoms with Crippen LogP contribution in [0.4, 0.5) is 36.2 Å². The van der Waals surface area contributed by atoms with Crippen LogP contribution in [-0.4, -0.2) is 72.8 Å². The Kier molecular flexibility index (Phi) is 7.15. The van der Waals surface area contributed by atoms with Crippen molar-refractivity contribution in [3.63, 3.8) is 0 Å². The van der Waals surface area contributed by atoms with Gasteiger partial charge in [-0.05, 0) is 37.2 Å². The number of hydrogen-bond acceptors (Lipinski definition) is 7. The van der Waals surface area contributed by atoms with E-state index in [0.29, 0.717) is 73.6 Å². The van der Waals surface area contributed by atoms with E-state index in [1.54, 1.807) is 29.2 Å². The molecule has 1 saturated heterocycles. The molecule has 1 atom stereocenters. The summed E-state index contributed by atoms with van der Waals surface area (Å²) in [6.07, 6.45) is 1.24. The summed E-state index contributed by atoms with van der Waals surface area (Å²) in [5, 5.41) is 11.2. The molecule has 0 spiro atoms. The number of hydrogen-bond donors (Lipinski definition) is 2. The third-order valence-corrected chi connectivity index (χ3v) is 6.57. The van der Waals surface area contributed by atoms with E-state index in [0.717, 1.165) is 6.07 Å². The zero-order chi connectivity index (χ0) is 26.9. The number of anilines is 3. The molecule has 202 valence electrons. The summed E-state index contributed by atoms with van der Waals surface area (Å²) >= 11 is 0. The van der Waals surface area contributed by atoms with E-state index in [1.165, 1.54) is 6.07 Å². The molecule has 38 heavy (non-hydrogen) atoms. The van der Waals surface area contributed by atoms with Crippen LogP contribution in [0.15, 0.2) is 41.5 Å². The minimum atomic E-state index is -4.49. The fourth-order valence-electron chi connectivity index (χ4n) is 4.75. The lowest BCUT2D eigenvalue weighted by atomic mass is 9.88. The molecule has 0 bridgehead atoms. The molecule has 0 saturated carbocycles. The first-order valence-corrected chi connectivity index (χ1v) is 12.5. The number of halogens is 3. The first kappa shape index (κ1) is 25.8. The van der Waals surface area contributed by atoms with Crippen molar-refractivity contribution in [3.8, 4) is 0 Å². The Balaban J connectivity index is 1.65. The van der Waals surface area contributed by atoms with Gasteiger partial charge in [0.25, 0.3) is 0 Å². The summed E-state index contributed by atoms with van der Waals surface area (Å²) in [6, 6.07) is 6.13. The second-order valence-corrected chi connectivity index (χ2v) is 9.57. The number of aryl methyl sites for hydroxylation is 1. The largest absolute Gasteiger partial charge is 0.416 e. The number of rotatable bonds is 6. The zero-order valence-electron chi connectivity index (χ0n) is 21.6. The van der Waals surface area contributed by atoms with E-state index in [9.17, 15) is 13.2 Å². The summed E-state index contributed by atoms with van der Waals surface area (Å²) in [7, 11) is 3.75. The summed E-state index contributed by atoms with van der Waals surface area (Å²) < 4.78 is 49.5. The average Bonchev–Trinajstić information content (AvgIpc) is 3.22. The molecular weight excluding hydrogens is 497 g/mol. The number of aliphatic imine (C=N–C) groups is 1. The van der Waals surface area contributed by atoms with Gasteiger partial charge in [0.1, 0.15) is 5.69 Å². The van der Waals surface area contributed by atoms with Crippen LogP contribution in [0.25, 0.3) is 5.65 Å². The van der Waals surface area contributed by atoms with E-state index in [1.807, 2.05) is 32.0 Å². The van der Waals surface area contributed by atoms with Crippen LogP contribution in [0.3, 0.4) is 0 Å². The molecule has 12 heteroatoms. The second kappa shape index (κ2) is 10.5. The zero-order valence-corrected chi connectivity index (χ0v) is 21.6. The highest BCUT2D eigenvalue weighted by Crippen LogP contribution is 2.42. The highest BCUT2D eigenvalue weighted by Gasteiger charge is 2.36. The molecule has 4 heterocycles. The van der Waals surface area contributed by atoms with Crippen LogP contribution in [0.1, 0.15) is 29.2 Å². The highest BCUT2D eigenvalue weighted by atomic mass is 19.4. The molecule has 0 aliphatic carbocycles. The first-order valence-electron chi connectivity index (χ1n) is 12.5. The Hall–Kier alpha value is -3.80. The Labute approximate surface area is 219 Å². The SMILES string of the molecule is Cc1nc2c(/N=C/N(C)C)cc(N3CCOCC3)nn2c1Nc1cccc(C(F)(F)F)c1C1C=CNCC1. The van der Waals surface area contributed by atoms with E-state index >= 15 is 0 Å². The van der Waals surface area contributed by atoms with Gasteiger partial charge >= 0.3 is 6.18 Å². The number of morpholine rings is 1. The van der Waals surface area contributed by atoms with Gasteiger partial charge in [-0.25, -0.2) is 9.98 Å². The second-order valence-electron chi connectivity index (χ2n) is 9.57. The lowest BCUT2D eigenvalue weighted by Gasteiger charge is -2.28. The lowest BCUT2D eigenvalue weighted by molar-refractivity contribution is -0.138. The van der Waals surface area contributed by atoms with E-state index < -0.39 is 17.7 Å². The minimum absolute atomic E-state index is 0.210. The lowest BCUT2D eigenvalue weighted by Crippen LogP contribution is -2.37. The van der Waals surface area contributed by atoms with Crippen molar-refractivity contribution in [1.29, 1.82) is 0 Å². The molecule has 5 rings (SSSR count). The van der Waals surface area contributed by atoms with Gasteiger partial charge in [0.05, 0.1) is 30.8 Å². The number of fused-ring (bicyclic) bond motifs is 1. The van der Waals surface area contributed by atoms with E-state index in [2.05, 4.69) is 20.5 Å². The predicted octanol–water partition coefficient (Wildman–Crippen LogP) is 4.45. The molecule has 1 fully saturated rings. The van der Waals surface area contributed by atoms with Crippen molar-refractivity contribution in [2.24, 2.45) is 4.99 Å². The molecule has 2 N–H and O–H groups in total. The molecule has 1 unspecified atom stereocenters. The quantitative estimate of drug-likeness (QED) is 0.361. The van der Waals surface area contributed by atoms with Crippen molar-refractivity contribution < 1.29 is 17.9 Å². The number of nitrogens with one attached hydrogen (secondary N) is 2. The number of allylic oxidation sites excluding steroid dienone is 1. The predicted molar refractivity (Wildman–Crippen MR) is 142 cm³/mol. The molecule has 2 aliphatic heterocycles. The van der Waals surface area contributed by atoms with Gasteiger partial charge in [-0.15, -0.1) is 5.10 Å². The highest BCUT2D eigenvalue weighted by molar-refractivity contribution is 5.77. The molecule has 1 aromatic carbocycles. The fraction of sp³-hybridized carbons (Fsp3) is 0.423. The number of ether oxygens (including phenoxy) is 1. The molecule has 2 aliphatic rings. The molecular formula is C26H31F3N8O. The van der Waals surface area contributed by atoms with Crippen molar-refractivity contribution in [2.75, 3.05) is 57.2 Å². The molecule has 0 radical (unpaired) electrons. The summed E-state index contributed by atoms with van der Waals surface area (Å²) in [4.78, 5) is 13.2. The van der Waals surface area contributed by atoms with Crippen LogP contribution in [0.2, 0.25) is 0 Å². The molecule has 9 nitrogen and oxygen atoms in total. The number of nitrogens with zero attached hydrogens (tertiary/aromatic N) is 6. The van der Waals surface area contributed by atoms with Gasteiger partial charge < -0.3 is 25.2 Å². The minimum Gasteiger partial charge on any atom is -0.391 e. The van der Waals surface area contributed by atoms with Gasteiger partial charge in [0, 0.05) is 51.4 Å². The summed E-state index contributed by atoms with van der Waals surface area (Å²) in [5.41, 5.74) is 1.65. The average molecular weight is 529 g/mol. The normalized spacial score (nSPS) is 18.3. The van der Waals surface area contributed by atoms with Gasteiger partial charge in [-0.3, -0.25) is 0 Å². The monoisotopic (exact) mass is 528 g/mol. The van der Waals surface area contributed by atoms with Crippen LogP contribution in [0, 0.1) is 6.92 Å². The van der Waals surface area contributed by atoms with Crippen molar-refractivity contribution in [2.45, 2.75) is 25.4 Å². The molecule has 3 aromatic rings. The number of alkyl halides is 3. The number of imidazole rings is 1. The van der Waals surface area contributed by atoms with Crippen LogP contribution in [-0.2, 0) is 10.9 Å². The van der Waals surface area contributed by atoms with Crippen molar-refractivity contribution in [1.82, 2.24) is 24.8 Å². The fourth-order valence-corrected chi connectivity index (χ4v) is 4.75. The van der Waals surface area contributed by atoms with Crippen LogP contribution < -0.4 is 15.5 Å². The Morgan fingerprint density at radius 1 is 1.24 bits per heavy atom. The van der Waals surface area contributed by atoms with Gasteiger partial charge in [0.15, 0.2) is 17.3 Å². The smallest absolute Gasteiger partial charge is 0.391 e. The molecule has 2 aromatic heterocycles. The van der Waals surface area contributed by atoms with Crippen molar-refractivity contribution in [3.05, 3.63) is 53.4 Å². The van der Waals surface area contributed by atoms with Crippen molar-refractivity contribution >= 4 is 35.0 Å². The topological polar surface area (TPSA) is 82.3 Å². The van der Waals surface area contributed by atoms with E-state index in [4.69, 9.17) is 14.8 Å². The maximum atomic E-state index is 14.1. The summed E-state index contributed by atoms with van der Waals surface area (Å²) in [6.45, 7) is 4.92. The number of benzene rings is 1. The van der Waals surface area contributed by atoms with Crippen LogP contribution >= 0.6 is 0 Å². The Morgan fingerprint density at radius 2 is 2.03 bits per heavy atom. The third-order valence-electron chi connectivity index (χ3n) is 6.57. The van der Waals surface area contributed by atoms with Gasteiger partial charge in [-0.1, -0.05) is 12.1 Å². The van der Waals surface area contributed by atoms with Crippen LogP contribution in [0.5, 0.6) is 0 Å². The third kappa shape index (κ3) is 5.26. The Morgan fingerprint density at radius 3 is 2.71 bits per heavy atom. The van der Waals surface area contributed by atoms with Gasteiger partial charge in [0.2, 0.25) is 0 Å². The first-order chi connectivity index (χ1) is 18.2. The Bertz CT molecular complexity index is 1360.